The fourth-order valence-electron chi connectivity index (χ4n) is 2.88. The van der Waals surface area contributed by atoms with Crippen molar-refractivity contribution in [2.24, 2.45) is 0 Å². The van der Waals surface area contributed by atoms with E-state index in [1.165, 1.54) is 0 Å². The van der Waals surface area contributed by atoms with Crippen molar-refractivity contribution in [2.75, 3.05) is 12.8 Å². The normalized spacial score (nSPS) is 10.8. The van der Waals surface area contributed by atoms with Crippen LogP contribution in [0, 0.1) is 0 Å². The zero-order valence-corrected chi connectivity index (χ0v) is 14.1. The van der Waals surface area contributed by atoms with Gasteiger partial charge >= 0.3 is 0 Å². The van der Waals surface area contributed by atoms with Gasteiger partial charge in [-0.15, -0.1) is 0 Å². The number of ether oxygens (including phenoxy) is 1. The lowest BCUT2D eigenvalue weighted by molar-refractivity contribution is 0.112. The number of aromatic nitrogens is 3. The minimum absolute atomic E-state index is 0.186. The number of nitrogens with zero attached hydrogens (tertiary/aromatic N) is 3. The van der Waals surface area contributed by atoms with Crippen molar-refractivity contribution < 1.29 is 9.53 Å². The Balaban J connectivity index is 2.01. The molecule has 0 saturated heterocycles. The van der Waals surface area contributed by atoms with E-state index in [0.717, 1.165) is 28.1 Å². The van der Waals surface area contributed by atoms with E-state index < -0.39 is 0 Å². The predicted molar refractivity (Wildman–Crippen MR) is 101 cm³/mol. The molecule has 0 saturated carbocycles. The maximum atomic E-state index is 11.3. The number of hydrogen-bond acceptors (Lipinski definition) is 5. The number of carbonyl (C=O) groups excluding carboxylic acids is 1. The van der Waals surface area contributed by atoms with Crippen molar-refractivity contribution in [2.45, 2.75) is 0 Å². The van der Waals surface area contributed by atoms with Crippen LogP contribution in [0.1, 0.15) is 10.4 Å². The van der Waals surface area contributed by atoms with E-state index in [2.05, 4.69) is 4.98 Å². The molecule has 2 heterocycles. The first kappa shape index (κ1) is 15.8. The number of fused-ring (bicyclic) bond motifs is 1. The number of anilines is 1. The molecule has 2 aromatic carbocycles. The number of para-hydroxylation sites is 1. The van der Waals surface area contributed by atoms with Crippen LogP contribution in [0.4, 0.5) is 5.82 Å². The third kappa shape index (κ3) is 2.57. The molecular weight excluding hydrogens is 328 g/mol. The number of methoxy groups -OCH3 is 1. The summed E-state index contributed by atoms with van der Waals surface area (Å²) in [6.45, 7) is 0. The van der Waals surface area contributed by atoms with Crippen LogP contribution in [-0.4, -0.2) is 28.2 Å². The molecule has 0 atom stereocenters. The first-order valence-corrected chi connectivity index (χ1v) is 8.05. The van der Waals surface area contributed by atoms with Crippen LogP contribution in [0.2, 0.25) is 0 Å². The number of carbonyl (C=O) groups is 1. The fourth-order valence-corrected chi connectivity index (χ4v) is 2.88. The van der Waals surface area contributed by atoms with Gasteiger partial charge in [0.1, 0.15) is 17.3 Å². The topological polar surface area (TPSA) is 83.0 Å². The largest absolute Gasteiger partial charge is 0.497 e. The Hall–Kier alpha value is -3.67. The zero-order chi connectivity index (χ0) is 18.1. The molecule has 0 aliphatic heterocycles. The second-order valence-corrected chi connectivity index (χ2v) is 5.78. The second-order valence-electron chi connectivity index (χ2n) is 5.78. The second kappa shape index (κ2) is 6.33. The average molecular weight is 344 g/mol. The number of aldehydes is 1. The third-order valence-electron chi connectivity index (χ3n) is 4.21. The zero-order valence-electron chi connectivity index (χ0n) is 14.1. The highest BCUT2D eigenvalue weighted by molar-refractivity contribution is 5.97. The van der Waals surface area contributed by atoms with Gasteiger partial charge < -0.3 is 10.5 Å². The van der Waals surface area contributed by atoms with Crippen LogP contribution in [0.25, 0.3) is 28.0 Å². The third-order valence-corrected chi connectivity index (χ3v) is 4.21. The first-order valence-electron chi connectivity index (χ1n) is 8.05. The van der Waals surface area contributed by atoms with Crippen LogP contribution < -0.4 is 10.5 Å². The van der Waals surface area contributed by atoms with Crippen LogP contribution in [0.3, 0.4) is 0 Å². The molecule has 0 spiro atoms. The molecule has 4 aromatic rings. The van der Waals surface area contributed by atoms with E-state index in [-0.39, 0.29) is 5.82 Å². The van der Waals surface area contributed by atoms with Gasteiger partial charge in [-0.3, -0.25) is 4.79 Å². The molecule has 0 aliphatic rings. The van der Waals surface area contributed by atoms with Crippen LogP contribution >= 0.6 is 0 Å². The summed E-state index contributed by atoms with van der Waals surface area (Å²) in [5.74, 6) is 0.947. The summed E-state index contributed by atoms with van der Waals surface area (Å²) >= 11 is 0. The van der Waals surface area contributed by atoms with E-state index >= 15 is 0 Å². The first-order chi connectivity index (χ1) is 12.7. The summed E-state index contributed by atoms with van der Waals surface area (Å²) in [6.07, 6.45) is 0.708. The van der Waals surface area contributed by atoms with Gasteiger partial charge in [0.05, 0.1) is 18.4 Å². The summed E-state index contributed by atoms with van der Waals surface area (Å²) in [5.41, 5.74) is 9.36. The minimum atomic E-state index is 0.186. The lowest BCUT2D eigenvalue weighted by atomic mass is 10.1. The van der Waals surface area contributed by atoms with Crippen LogP contribution in [-0.2, 0) is 0 Å². The Morgan fingerprint density at radius 2 is 1.81 bits per heavy atom. The highest BCUT2D eigenvalue weighted by Gasteiger charge is 2.17. The van der Waals surface area contributed by atoms with Crippen molar-refractivity contribution in [3.05, 3.63) is 66.2 Å². The molecule has 0 unspecified atom stereocenters. The van der Waals surface area contributed by atoms with Gasteiger partial charge in [0.15, 0.2) is 11.9 Å². The molecule has 4 rings (SSSR count). The van der Waals surface area contributed by atoms with Gasteiger partial charge in [-0.2, -0.15) is 5.10 Å². The summed E-state index contributed by atoms with van der Waals surface area (Å²) in [7, 11) is 1.62. The van der Waals surface area contributed by atoms with Crippen molar-refractivity contribution in [3.8, 4) is 22.7 Å². The summed E-state index contributed by atoms with van der Waals surface area (Å²) in [5, 5.41) is 5.50. The molecule has 2 N–H and O–H groups in total. The van der Waals surface area contributed by atoms with E-state index in [1.807, 2.05) is 54.6 Å². The quantitative estimate of drug-likeness (QED) is 0.573. The Labute approximate surface area is 149 Å². The maximum Gasteiger partial charge on any atom is 0.165 e. The van der Waals surface area contributed by atoms with E-state index in [1.54, 1.807) is 17.9 Å². The molecule has 0 radical (unpaired) electrons. The SMILES string of the molecule is COc1ccc(-c2nn(-c3ccccc3)c3nc(N)c(C=O)cc23)cc1. The Kier molecular flexibility index (Phi) is 3.85. The molecule has 0 bridgehead atoms. The Bertz CT molecular complexity index is 1090. The van der Waals surface area contributed by atoms with E-state index in [0.29, 0.717) is 17.5 Å². The molecule has 2 aromatic heterocycles. The highest BCUT2D eigenvalue weighted by Crippen LogP contribution is 2.31. The lowest BCUT2D eigenvalue weighted by Crippen LogP contribution is -2.01. The number of hydrogen-bond donors (Lipinski definition) is 1. The molecule has 128 valence electrons. The summed E-state index contributed by atoms with van der Waals surface area (Å²) in [6, 6.07) is 19.0. The van der Waals surface area contributed by atoms with Gasteiger partial charge in [0.2, 0.25) is 0 Å². The maximum absolute atomic E-state index is 11.3. The van der Waals surface area contributed by atoms with Crippen molar-refractivity contribution in [1.82, 2.24) is 14.8 Å². The van der Waals surface area contributed by atoms with Crippen molar-refractivity contribution in [3.63, 3.8) is 0 Å². The number of nitrogens with two attached hydrogens (primary N) is 1. The number of pyridine rings is 1. The van der Waals surface area contributed by atoms with Gasteiger partial charge in [0, 0.05) is 10.9 Å². The standard InChI is InChI=1S/C20H16N4O2/c1-26-16-9-7-13(8-10-16)18-17-11-14(12-25)19(21)22-20(17)24(23-18)15-5-3-2-4-6-15/h2-12H,1H3,(H2,21,22). The molecule has 0 fully saturated rings. The molecule has 6 heteroatoms. The number of benzene rings is 2. The fraction of sp³-hybridized carbons (Fsp3) is 0.0500. The summed E-state index contributed by atoms with van der Waals surface area (Å²) < 4.78 is 6.95. The molecule has 6 nitrogen and oxygen atoms in total. The number of nitrogen functional groups attached to an aromatic ring is 1. The van der Waals surface area contributed by atoms with Gasteiger partial charge in [-0.1, -0.05) is 18.2 Å². The monoisotopic (exact) mass is 344 g/mol. The lowest BCUT2D eigenvalue weighted by Gasteiger charge is -2.03. The molecule has 0 amide bonds. The van der Waals surface area contributed by atoms with Crippen molar-refractivity contribution >= 4 is 23.1 Å². The van der Waals surface area contributed by atoms with Crippen LogP contribution in [0.15, 0.2) is 60.7 Å². The van der Waals surface area contributed by atoms with E-state index in [4.69, 9.17) is 15.6 Å². The van der Waals surface area contributed by atoms with E-state index in [9.17, 15) is 4.79 Å². The van der Waals surface area contributed by atoms with Gasteiger partial charge in [0.25, 0.3) is 0 Å². The smallest absolute Gasteiger partial charge is 0.165 e. The van der Waals surface area contributed by atoms with Gasteiger partial charge in [-0.25, -0.2) is 9.67 Å². The summed E-state index contributed by atoms with van der Waals surface area (Å²) in [4.78, 5) is 15.7. The molecule has 0 aliphatic carbocycles. The highest BCUT2D eigenvalue weighted by atomic mass is 16.5. The molecule has 26 heavy (non-hydrogen) atoms. The predicted octanol–water partition coefficient (Wildman–Crippen LogP) is 3.49. The number of rotatable bonds is 4. The van der Waals surface area contributed by atoms with Crippen LogP contribution in [0.5, 0.6) is 5.75 Å². The average Bonchev–Trinajstić information content (AvgIpc) is 3.06. The van der Waals surface area contributed by atoms with Gasteiger partial charge in [-0.05, 0) is 42.5 Å². The van der Waals surface area contributed by atoms with Crippen molar-refractivity contribution in [1.29, 1.82) is 0 Å². The Morgan fingerprint density at radius 3 is 2.46 bits per heavy atom. The minimum Gasteiger partial charge on any atom is -0.497 e. The molecular formula is C20H16N4O2. The Morgan fingerprint density at radius 1 is 1.08 bits per heavy atom.